The summed E-state index contributed by atoms with van der Waals surface area (Å²) in [6.07, 6.45) is 2.94. The molecule has 4 atom stereocenters. The second-order valence-electron chi connectivity index (χ2n) is 7.18. The van der Waals surface area contributed by atoms with Crippen LogP contribution in [0.3, 0.4) is 0 Å². The van der Waals surface area contributed by atoms with E-state index in [0.29, 0.717) is 0 Å². The van der Waals surface area contributed by atoms with Gasteiger partial charge in [0.25, 0.3) is 0 Å². The Hall–Kier alpha value is -1.74. The van der Waals surface area contributed by atoms with Crippen LogP contribution in [0.25, 0.3) is 0 Å². The largest absolute Gasteiger partial charge is 0.362 e. The summed E-state index contributed by atoms with van der Waals surface area (Å²) in [7, 11) is 0. The maximum Gasteiger partial charge on any atom is 0.160 e. The molecule has 3 aliphatic carbocycles. The zero-order valence-corrected chi connectivity index (χ0v) is 12.0. The summed E-state index contributed by atoms with van der Waals surface area (Å²) >= 11 is 0. The SMILES string of the molecule is CC1(C)OC12[C@H]1c3ccccc3[C@H]2[C@H]2C(=O)C=CC(=O)[C@@H]21. The minimum Gasteiger partial charge on any atom is -0.362 e. The molecule has 106 valence electrons. The normalized spacial score (nSPS) is 44.1. The molecule has 3 heteroatoms. The molecule has 1 heterocycles. The van der Waals surface area contributed by atoms with E-state index >= 15 is 0 Å². The van der Waals surface area contributed by atoms with Crippen molar-refractivity contribution < 1.29 is 14.3 Å². The number of ether oxygens (including phenoxy) is 1. The molecule has 0 aromatic heterocycles. The summed E-state index contributed by atoms with van der Waals surface area (Å²) in [4.78, 5) is 24.9. The number of epoxide rings is 1. The summed E-state index contributed by atoms with van der Waals surface area (Å²) in [6, 6.07) is 8.24. The summed E-state index contributed by atoms with van der Waals surface area (Å²) in [5.74, 6) is -0.229. The molecular formula is C18H16O3. The zero-order valence-electron chi connectivity index (χ0n) is 12.0. The number of hydrogen-bond acceptors (Lipinski definition) is 3. The number of rotatable bonds is 0. The first-order chi connectivity index (χ1) is 9.99. The lowest BCUT2D eigenvalue weighted by Gasteiger charge is -2.30. The third-order valence-corrected chi connectivity index (χ3v) is 6.09. The van der Waals surface area contributed by atoms with Crippen LogP contribution in [0.4, 0.5) is 0 Å². The van der Waals surface area contributed by atoms with Crippen LogP contribution < -0.4 is 0 Å². The Morgan fingerprint density at radius 3 is 1.71 bits per heavy atom. The minimum atomic E-state index is -0.358. The number of fused-ring (bicyclic) bond motifs is 6. The molecule has 0 unspecified atom stereocenters. The van der Waals surface area contributed by atoms with Crippen molar-refractivity contribution in [2.75, 3.05) is 0 Å². The monoisotopic (exact) mass is 280 g/mol. The van der Waals surface area contributed by atoms with Crippen molar-refractivity contribution in [2.45, 2.75) is 36.9 Å². The van der Waals surface area contributed by atoms with Gasteiger partial charge in [-0.15, -0.1) is 0 Å². The first kappa shape index (κ1) is 11.9. The van der Waals surface area contributed by atoms with Crippen LogP contribution in [-0.4, -0.2) is 22.8 Å². The Balaban J connectivity index is 1.80. The maximum absolute atomic E-state index is 12.5. The van der Waals surface area contributed by atoms with Crippen molar-refractivity contribution in [2.24, 2.45) is 11.8 Å². The molecule has 4 aliphatic rings. The van der Waals surface area contributed by atoms with Crippen LogP contribution in [0.2, 0.25) is 0 Å². The van der Waals surface area contributed by atoms with Crippen molar-refractivity contribution in [3.63, 3.8) is 0 Å². The highest BCUT2D eigenvalue weighted by atomic mass is 16.6. The molecule has 0 radical (unpaired) electrons. The second kappa shape index (κ2) is 3.20. The van der Waals surface area contributed by atoms with Crippen LogP contribution in [0.15, 0.2) is 36.4 Å². The molecular weight excluding hydrogens is 264 g/mol. The van der Waals surface area contributed by atoms with Gasteiger partial charge in [-0.2, -0.15) is 0 Å². The third-order valence-electron chi connectivity index (χ3n) is 6.09. The highest BCUT2D eigenvalue weighted by Crippen LogP contribution is 2.77. The van der Waals surface area contributed by atoms with Crippen molar-refractivity contribution >= 4 is 11.6 Å². The highest BCUT2D eigenvalue weighted by Gasteiger charge is 2.83. The number of carbonyl (C=O) groups is 2. The van der Waals surface area contributed by atoms with E-state index in [2.05, 4.69) is 26.0 Å². The molecule has 1 saturated carbocycles. The van der Waals surface area contributed by atoms with Gasteiger partial charge < -0.3 is 4.74 Å². The molecule has 1 aromatic rings. The van der Waals surface area contributed by atoms with E-state index in [0.717, 1.165) is 0 Å². The Kier molecular flexibility index (Phi) is 1.81. The molecule has 1 spiro atoms. The quantitative estimate of drug-likeness (QED) is 0.685. The fraction of sp³-hybridized carbons (Fsp3) is 0.444. The maximum atomic E-state index is 12.5. The van der Waals surface area contributed by atoms with E-state index in [4.69, 9.17) is 4.74 Å². The Bertz CT molecular complexity index is 692. The zero-order chi connectivity index (χ0) is 14.6. The summed E-state index contributed by atoms with van der Waals surface area (Å²) in [6.45, 7) is 4.16. The fourth-order valence-electron chi connectivity index (χ4n) is 5.41. The Labute approximate surface area is 123 Å². The molecule has 1 saturated heterocycles. The lowest BCUT2D eigenvalue weighted by Crippen LogP contribution is -2.35. The molecule has 1 aliphatic heterocycles. The van der Waals surface area contributed by atoms with Crippen molar-refractivity contribution in [3.8, 4) is 0 Å². The standard InChI is InChI=1S/C18H16O3/c1-17(2)18(21-17)15-9-5-3-4-6-10(9)16(18)14-12(20)8-7-11(19)13(14)15/h3-8,13-16H,1-2H3/t13-,14-,15-,16-/m0/s1. The molecule has 3 nitrogen and oxygen atoms in total. The highest BCUT2D eigenvalue weighted by molar-refractivity contribution is 6.09. The van der Waals surface area contributed by atoms with E-state index in [9.17, 15) is 9.59 Å². The average Bonchev–Trinajstić information content (AvgIpc) is 2.78. The van der Waals surface area contributed by atoms with Gasteiger partial charge in [0.1, 0.15) is 5.60 Å². The van der Waals surface area contributed by atoms with Gasteiger partial charge in [0, 0.05) is 23.7 Å². The number of carbonyl (C=O) groups excluding carboxylic acids is 2. The molecule has 1 aromatic carbocycles. The predicted octanol–water partition coefficient (Wildman–Crippen LogP) is 2.37. The van der Waals surface area contributed by atoms with Gasteiger partial charge in [-0.3, -0.25) is 9.59 Å². The Morgan fingerprint density at radius 1 is 0.905 bits per heavy atom. The molecule has 5 rings (SSSR count). The van der Waals surface area contributed by atoms with Crippen LogP contribution in [0, 0.1) is 11.8 Å². The summed E-state index contributed by atoms with van der Waals surface area (Å²) in [5, 5.41) is 0. The van der Waals surface area contributed by atoms with Crippen LogP contribution in [0.1, 0.15) is 36.8 Å². The van der Waals surface area contributed by atoms with E-state index in [-0.39, 0.29) is 46.4 Å². The van der Waals surface area contributed by atoms with Crippen molar-refractivity contribution in [1.82, 2.24) is 0 Å². The van der Waals surface area contributed by atoms with E-state index in [1.807, 2.05) is 12.1 Å². The molecule has 2 fully saturated rings. The van der Waals surface area contributed by atoms with Gasteiger partial charge in [0.2, 0.25) is 0 Å². The molecule has 21 heavy (non-hydrogen) atoms. The van der Waals surface area contributed by atoms with Gasteiger partial charge in [0.05, 0.1) is 5.60 Å². The van der Waals surface area contributed by atoms with Gasteiger partial charge >= 0.3 is 0 Å². The molecule has 0 amide bonds. The fourth-order valence-corrected chi connectivity index (χ4v) is 5.41. The smallest absolute Gasteiger partial charge is 0.160 e. The number of ketones is 2. The first-order valence-corrected chi connectivity index (χ1v) is 7.54. The molecule has 2 bridgehead atoms. The molecule has 0 N–H and O–H groups in total. The summed E-state index contributed by atoms with van der Waals surface area (Å²) < 4.78 is 6.18. The van der Waals surface area contributed by atoms with E-state index in [1.165, 1.54) is 23.3 Å². The van der Waals surface area contributed by atoms with Crippen LogP contribution >= 0.6 is 0 Å². The summed E-state index contributed by atoms with van der Waals surface area (Å²) in [5.41, 5.74) is 1.80. The van der Waals surface area contributed by atoms with Gasteiger partial charge in [-0.1, -0.05) is 24.3 Å². The second-order valence-corrected chi connectivity index (χ2v) is 7.18. The first-order valence-electron chi connectivity index (χ1n) is 7.54. The topological polar surface area (TPSA) is 46.7 Å². The van der Waals surface area contributed by atoms with E-state index < -0.39 is 0 Å². The van der Waals surface area contributed by atoms with Crippen molar-refractivity contribution in [3.05, 3.63) is 47.5 Å². The lowest BCUT2D eigenvalue weighted by atomic mass is 9.70. The Morgan fingerprint density at radius 2 is 1.33 bits per heavy atom. The van der Waals surface area contributed by atoms with E-state index in [1.54, 1.807) is 0 Å². The minimum absolute atomic E-state index is 0.0279. The van der Waals surface area contributed by atoms with Gasteiger partial charge in [0.15, 0.2) is 11.6 Å². The number of hydrogen-bond donors (Lipinski definition) is 0. The van der Waals surface area contributed by atoms with Gasteiger partial charge in [-0.05, 0) is 37.1 Å². The predicted molar refractivity (Wildman–Crippen MR) is 76.0 cm³/mol. The number of benzene rings is 1. The van der Waals surface area contributed by atoms with Crippen LogP contribution in [0.5, 0.6) is 0 Å². The van der Waals surface area contributed by atoms with Crippen LogP contribution in [-0.2, 0) is 14.3 Å². The number of allylic oxidation sites excluding steroid dienone is 2. The lowest BCUT2D eigenvalue weighted by molar-refractivity contribution is -0.128. The van der Waals surface area contributed by atoms with Crippen molar-refractivity contribution in [1.29, 1.82) is 0 Å². The third kappa shape index (κ3) is 1.07. The van der Waals surface area contributed by atoms with Gasteiger partial charge in [-0.25, -0.2) is 0 Å². The average molecular weight is 280 g/mol.